The van der Waals surface area contributed by atoms with E-state index < -0.39 is 4.92 Å². The minimum Gasteiger partial charge on any atom is -0.264 e. The predicted octanol–water partition coefficient (Wildman–Crippen LogP) is 1.57. The molecule has 1 heterocycles. The molecule has 0 unspecified atom stereocenters. The minimum absolute atomic E-state index is 0.247. The third kappa shape index (κ3) is 1.93. The van der Waals surface area contributed by atoms with Gasteiger partial charge in [0.2, 0.25) is 6.54 Å². The van der Waals surface area contributed by atoms with E-state index in [1.807, 2.05) is 0 Å². The zero-order chi connectivity index (χ0) is 7.56. The van der Waals surface area contributed by atoms with Gasteiger partial charge in [0.05, 0.1) is 0 Å². The van der Waals surface area contributed by atoms with Gasteiger partial charge < -0.3 is 0 Å². The summed E-state index contributed by atoms with van der Waals surface area (Å²) >= 11 is 6.62. The minimum atomic E-state index is -0.439. The molecule has 1 aromatic heterocycles. The van der Waals surface area contributed by atoms with Gasteiger partial charge in [-0.15, -0.1) is 11.3 Å². The number of halogens is 1. The molecule has 0 aliphatic heterocycles. The topological polar surface area (TPSA) is 56.0 Å². The maximum absolute atomic E-state index is 9.91. The monoisotopic (exact) mass is 178 g/mol. The van der Waals surface area contributed by atoms with Gasteiger partial charge in [0.25, 0.3) is 0 Å². The van der Waals surface area contributed by atoms with Crippen molar-refractivity contribution in [1.29, 1.82) is 0 Å². The normalized spacial score (nSPS) is 9.70. The zero-order valence-electron chi connectivity index (χ0n) is 4.78. The second-order valence-electron chi connectivity index (χ2n) is 1.58. The SMILES string of the molecule is O=[N+]([O-])Cc1csc(Cl)n1. The van der Waals surface area contributed by atoms with Crippen molar-refractivity contribution in [2.45, 2.75) is 6.54 Å². The number of hydrogen-bond donors (Lipinski definition) is 0. The summed E-state index contributed by atoms with van der Waals surface area (Å²) in [4.78, 5) is 13.2. The number of nitrogens with zero attached hydrogens (tertiary/aromatic N) is 2. The lowest BCUT2D eigenvalue weighted by Gasteiger charge is -1.83. The zero-order valence-corrected chi connectivity index (χ0v) is 6.35. The summed E-state index contributed by atoms with van der Waals surface area (Å²) in [6.45, 7) is -0.247. The molecular formula is C4H3ClN2O2S. The highest BCUT2D eigenvalue weighted by Crippen LogP contribution is 2.14. The highest BCUT2D eigenvalue weighted by atomic mass is 35.5. The van der Waals surface area contributed by atoms with E-state index in [9.17, 15) is 10.1 Å². The van der Waals surface area contributed by atoms with Gasteiger partial charge in [-0.25, -0.2) is 4.98 Å². The molecule has 0 N–H and O–H groups in total. The summed E-state index contributed by atoms with van der Waals surface area (Å²) in [6.07, 6.45) is 0. The van der Waals surface area contributed by atoms with E-state index in [-0.39, 0.29) is 6.54 Å². The molecular weight excluding hydrogens is 176 g/mol. The number of rotatable bonds is 2. The summed E-state index contributed by atoms with van der Waals surface area (Å²) in [5.41, 5.74) is 0.417. The van der Waals surface area contributed by atoms with E-state index in [2.05, 4.69) is 4.98 Å². The highest BCUT2D eigenvalue weighted by molar-refractivity contribution is 7.13. The second kappa shape index (κ2) is 2.94. The molecule has 0 radical (unpaired) electrons. The molecule has 4 nitrogen and oxygen atoms in total. The Hall–Kier alpha value is -0.680. The van der Waals surface area contributed by atoms with Crippen molar-refractivity contribution in [3.05, 3.63) is 25.7 Å². The first-order chi connectivity index (χ1) is 4.68. The van der Waals surface area contributed by atoms with Crippen LogP contribution in [0.1, 0.15) is 5.69 Å². The molecule has 1 rings (SSSR count). The molecule has 0 aliphatic rings. The van der Waals surface area contributed by atoms with Crippen LogP contribution in [0, 0.1) is 10.1 Å². The standard InChI is InChI=1S/C4H3ClN2O2S/c5-4-6-3(2-10-4)1-7(8)9/h2H,1H2. The summed E-state index contributed by atoms with van der Waals surface area (Å²) in [5.74, 6) is 0. The fourth-order valence-corrected chi connectivity index (χ4v) is 1.26. The van der Waals surface area contributed by atoms with E-state index in [0.29, 0.717) is 10.2 Å². The molecule has 1 aromatic rings. The maximum atomic E-state index is 9.91. The van der Waals surface area contributed by atoms with E-state index in [1.54, 1.807) is 5.38 Å². The van der Waals surface area contributed by atoms with Gasteiger partial charge in [-0.2, -0.15) is 0 Å². The predicted molar refractivity (Wildman–Crippen MR) is 37.8 cm³/mol. The number of aromatic nitrogens is 1. The average Bonchev–Trinajstić information content (AvgIpc) is 2.13. The molecule has 0 bridgehead atoms. The van der Waals surface area contributed by atoms with Crippen LogP contribution in [0.2, 0.25) is 4.47 Å². The molecule has 0 saturated carbocycles. The average molecular weight is 179 g/mol. The number of thiazole rings is 1. The van der Waals surface area contributed by atoms with Crippen LogP contribution in [0.25, 0.3) is 0 Å². The van der Waals surface area contributed by atoms with Crippen molar-refractivity contribution in [3.8, 4) is 0 Å². The van der Waals surface area contributed by atoms with Gasteiger partial charge in [0, 0.05) is 10.3 Å². The van der Waals surface area contributed by atoms with Crippen molar-refractivity contribution >= 4 is 22.9 Å². The fourth-order valence-electron chi connectivity index (χ4n) is 0.487. The molecule has 0 spiro atoms. The Labute approximate surface area is 65.6 Å². The molecule has 6 heteroatoms. The van der Waals surface area contributed by atoms with Crippen molar-refractivity contribution in [1.82, 2.24) is 4.98 Å². The van der Waals surface area contributed by atoms with Crippen LogP contribution in [0.5, 0.6) is 0 Å². The van der Waals surface area contributed by atoms with Crippen molar-refractivity contribution in [2.24, 2.45) is 0 Å². The van der Waals surface area contributed by atoms with E-state index in [0.717, 1.165) is 0 Å². The third-order valence-corrected chi connectivity index (χ3v) is 1.84. The molecule has 0 atom stereocenters. The van der Waals surface area contributed by atoms with Gasteiger partial charge in [-0.1, -0.05) is 11.6 Å². The van der Waals surface area contributed by atoms with Crippen LogP contribution in [0.15, 0.2) is 5.38 Å². The smallest absolute Gasteiger partial charge is 0.246 e. The van der Waals surface area contributed by atoms with Gasteiger partial charge in [-0.3, -0.25) is 10.1 Å². The quantitative estimate of drug-likeness (QED) is 0.510. The third-order valence-electron chi connectivity index (χ3n) is 0.815. The molecule has 0 aromatic carbocycles. The Morgan fingerprint density at radius 3 is 3.00 bits per heavy atom. The Morgan fingerprint density at radius 2 is 2.60 bits per heavy atom. The maximum Gasteiger partial charge on any atom is 0.246 e. The first kappa shape index (κ1) is 7.43. The van der Waals surface area contributed by atoms with Gasteiger partial charge in [0.15, 0.2) is 4.47 Å². The number of nitro groups is 1. The number of hydrogen-bond acceptors (Lipinski definition) is 4. The van der Waals surface area contributed by atoms with Crippen LogP contribution in [-0.2, 0) is 6.54 Å². The molecule has 10 heavy (non-hydrogen) atoms. The Morgan fingerprint density at radius 1 is 1.90 bits per heavy atom. The second-order valence-corrected chi connectivity index (χ2v) is 3.02. The lowest BCUT2D eigenvalue weighted by molar-refractivity contribution is -0.497. The van der Waals surface area contributed by atoms with Gasteiger partial charge >= 0.3 is 0 Å². The van der Waals surface area contributed by atoms with Crippen LogP contribution < -0.4 is 0 Å². The summed E-state index contributed by atoms with van der Waals surface area (Å²) in [5, 5.41) is 11.5. The molecule has 0 amide bonds. The highest BCUT2D eigenvalue weighted by Gasteiger charge is 2.04. The Bertz CT molecular complexity index is 249. The van der Waals surface area contributed by atoms with Crippen LogP contribution >= 0.6 is 22.9 Å². The Balaban J connectivity index is 2.67. The molecule has 0 saturated heterocycles. The van der Waals surface area contributed by atoms with E-state index in [4.69, 9.17) is 11.6 Å². The first-order valence-corrected chi connectivity index (χ1v) is 3.66. The van der Waals surface area contributed by atoms with Crippen LogP contribution in [-0.4, -0.2) is 9.91 Å². The Kier molecular flexibility index (Phi) is 2.18. The first-order valence-electron chi connectivity index (χ1n) is 2.40. The molecule has 0 fully saturated rings. The lowest BCUT2D eigenvalue weighted by atomic mass is 10.5. The summed E-state index contributed by atoms with van der Waals surface area (Å²) in [6, 6.07) is 0. The summed E-state index contributed by atoms with van der Waals surface area (Å²) < 4.78 is 0.344. The fraction of sp³-hybridized carbons (Fsp3) is 0.250. The lowest BCUT2D eigenvalue weighted by Crippen LogP contribution is -1.97. The molecule has 0 aliphatic carbocycles. The van der Waals surface area contributed by atoms with E-state index >= 15 is 0 Å². The van der Waals surface area contributed by atoms with Crippen molar-refractivity contribution in [3.63, 3.8) is 0 Å². The van der Waals surface area contributed by atoms with Gasteiger partial charge in [-0.05, 0) is 0 Å². The van der Waals surface area contributed by atoms with Crippen LogP contribution in [0.3, 0.4) is 0 Å². The largest absolute Gasteiger partial charge is 0.264 e. The summed E-state index contributed by atoms with van der Waals surface area (Å²) in [7, 11) is 0. The van der Waals surface area contributed by atoms with Gasteiger partial charge in [0.1, 0.15) is 5.69 Å². The van der Waals surface area contributed by atoms with E-state index in [1.165, 1.54) is 11.3 Å². The molecule has 54 valence electrons. The van der Waals surface area contributed by atoms with Crippen molar-refractivity contribution < 1.29 is 4.92 Å². The van der Waals surface area contributed by atoms with Crippen LogP contribution in [0.4, 0.5) is 0 Å². The van der Waals surface area contributed by atoms with Crippen molar-refractivity contribution in [2.75, 3.05) is 0 Å².